The molecule has 3 aliphatic rings. The van der Waals surface area contributed by atoms with Crippen molar-refractivity contribution in [2.75, 3.05) is 50.1 Å². The van der Waals surface area contributed by atoms with Gasteiger partial charge in [0.05, 0.1) is 39.5 Å². The highest BCUT2D eigenvalue weighted by Gasteiger charge is 2.49. The zero-order chi connectivity index (χ0) is 56.5. The number of anilines is 1. The maximum absolute atomic E-state index is 12.7. The third kappa shape index (κ3) is 17.8. The Morgan fingerprint density at radius 2 is 1.51 bits per heavy atom. The molecule has 34 nitrogen and oxygen atoms in total. The lowest BCUT2D eigenvalue weighted by Gasteiger charge is -2.45. The van der Waals surface area contributed by atoms with Crippen LogP contribution in [0.1, 0.15) is 52.2 Å². The number of nitrogens with two attached hydrogens (primary N) is 4. The summed E-state index contributed by atoms with van der Waals surface area (Å²) < 4.78 is 72.3. The number of amides is 3. The second-order valence-electron chi connectivity index (χ2n) is 18.6. The lowest BCUT2D eigenvalue weighted by Crippen LogP contribution is -2.67. The number of aromatic nitrogens is 4. The molecule has 3 amide bonds. The maximum atomic E-state index is 12.7. The SMILES string of the molecule is CC(C)(COP(=O)([O-])OP(=O)([O-])OC[C@H]1O[C@@H](n2cnc3c(N)ncnc32)[C@H](O)[C@@H]1OP(=O)([O-])[O-])[C@@H](O)C(=O)NCCC(=O)NCCSCCCCC(=O)NC[C@H]1O[C@H](O[C@H]2[C@H](O)[C@@H](O)[C@H](N)C[C@@H]2N)[C@H](N)[C@@H](O)[C@@H]1O. The zero-order valence-electron chi connectivity index (χ0n) is 40.8. The number of nitrogens with one attached hydrogen (secondary N) is 3. The van der Waals surface area contributed by atoms with Gasteiger partial charge in [0.25, 0.3) is 15.6 Å². The van der Waals surface area contributed by atoms with Crippen LogP contribution in [-0.2, 0) is 60.2 Å². The molecule has 0 aromatic carbocycles. The number of carbonyl (C=O) groups excluding carboxylic acids is 3. The monoisotopic (exact) mass is 1170 g/mol. The summed E-state index contributed by atoms with van der Waals surface area (Å²) in [5.74, 6) is -0.820. The first-order valence-corrected chi connectivity index (χ1v) is 28.9. The van der Waals surface area contributed by atoms with Crippen LogP contribution in [0.15, 0.2) is 12.7 Å². The molecule has 2 aromatic rings. The predicted octanol–water partition coefficient (Wildman–Crippen LogP) is -8.16. The molecule has 17 atom stereocenters. The van der Waals surface area contributed by atoms with Gasteiger partial charge in [0.15, 0.2) is 24.0 Å². The molecule has 1 aliphatic carbocycles. The largest absolute Gasteiger partial charge is 0.790 e. The Hall–Kier alpha value is -3.00. The number of aliphatic hydroxyl groups excluding tert-OH is 6. The summed E-state index contributed by atoms with van der Waals surface area (Å²) in [5.41, 5.74) is 21.9. The van der Waals surface area contributed by atoms with E-state index in [0.717, 1.165) is 17.2 Å². The van der Waals surface area contributed by atoms with E-state index in [9.17, 15) is 78.3 Å². The molecule has 2 aliphatic heterocycles. The Bertz CT molecular complexity index is 2420. The fourth-order valence-corrected chi connectivity index (χ4v) is 11.5. The highest BCUT2D eigenvalue weighted by molar-refractivity contribution is 7.99. The van der Waals surface area contributed by atoms with Crippen LogP contribution in [0.4, 0.5) is 5.82 Å². The van der Waals surface area contributed by atoms with Gasteiger partial charge in [-0.05, 0) is 25.0 Å². The third-order valence-corrected chi connectivity index (χ3v) is 16.3. The zero-order valence-corrected chi connectivity index (χ0v) is 44.3. The molecule has 3 fully saturated rings. The first-order valence-electron chi connectivity index (χ1n) is 23.4. The van der Waals surface area contributed by atoms with Gasteiger partial charge in [-0.2, -0.15) is 11.8 Å². The number of nitrogen functional groups attached to an aromatic ring is 1. The summed E-state index contributed by atoms with van der Waals surface area (Å²) >= 11 is 1.49. The molecule has 2 aromatic heterocycles. The fraction of sp³-hybridized carbons (Fsp3) is 0.789. The molecule has 4 heterocycles. The summed E-state index contributed by atoms with van der Waals surface area (Å²) in [6, 6.07) is -2.82. The number of rotatable bonds is 28. The number of fused-ring (bicyclic) bond motifs is 1. The number of phosphoric ester groups is 3. The number of carbonyl (C=O) groups is 3. The number of unbranched alkanes of at least 4 members (excludes halogenated alkanes) is 1. The van der Waals surface area contributed by atoms with Gasteiger partial charge >= 0.3 is 0 Å². The fourth-order valence-electron chi connectivity index (χ4n) is 7.94. The molecule has 17 N–H and O–H groups in total. The van der Waals surface area contributed by atoms with E-state index in [-0.39, 0.29) is 61.8 Å². The van der Waals surface area contributed by atoms with Crippen molar-refractivity contribution in [3.05, 3.63) is 12.7 Å². The average Bonchev–Trinajstić information content (AvgIpc) is 3.90. The second-order valence-corrected chi connectivity index (χ2v) is 23.9. The van der Waals surface area contributed by atoms with Gasteiger partial charge in [-0.3, -0.25) is 28.1 Å². The molecule has 2 unspecified atom stereocenters. The molecule has 0 radical (unpaired) electrons. The van der Waals surface area contributed by atoms with Crippen molar-refractivity contribution in [1.29, 1.82) is 0 Å². The van der Waals surface area contributed by atoms with Crippen LogP contribution in [0.25, 0.3) is 11.2 Å². The number of phosphoric acid groups is 3. The Balaban J connectivity index is 0.932. The summed E-state index contributed by atoms with van der Waals surface area (Å²) in [5, 5.41) is 70.8. The Kier molecular flexibility index (Phi) is 23.0. The van der Waals surface area contributed by atoms with Gasteiger partial charge in [-0.1, -0.05) is 13.8 Å². The van der Waals surface area contributed by atoms with Crippen molar-refractivity contribution in [3.8, 4) is 0 Å². The molecule has 434 valence electrons. The summed E-state index contributed by atoms with van der Waals surface area (Å²) in [4.78, 5) is 97.4. The van der Waals surface area contributed by atoms with E-state index in [4.69, 9.17) is 37.1 Å². The van der Waals surface area contributed by atoms with Crippen LogP contribution in [-0.4, -0.2) is 198 Å². The van der Waals surface area contributed by atoms with Crippen LogP contribution in [0.5, 0.6) is 0 Å². The highest BCUT2D eigenvalue weighted by atomic mass is 32.2. The van der Waals surface area contributed by atoms with Gasteiger partial charge in [-0.25, -0.2) is 19.3 Å². The number of hydrogen-bond acceptors (Lipinski definition) is 31. The number of aliphatic hydroxyl groups is 6. The predicted molar refractivity (Wildman–Crippen MR) is 251 cm³/mol. The Labute approximate surface area is 437 Å². The maximum Gasteiger partial charge on any atom is 0.274 e. The van der Waals surface area contributed by atoms with Gasteiger partial charge in [0, 0.05) is 55.7 Å². The topological polar surface area (TPSA) is 564 Å². The standard InChI is InChI=1S/C38H68N11O23P3S/c1-38(2,14-67-75(64,65)72-74(62,63)66-13-20-31(71-73(59,60)61)29(56)36(68-20)49-16-48-24-33(42)46-15-47-34(24)49)32(57)35(58)44-7-6-22(51)43-8-10-76-9-4-3-5-21(50)45-12-19-26(53)27(54)23(41)37(69-19)70-30-18(40)11-17(39)25(52)28(30)55/h15-20,23,25-32,36-37,52-57H,3-14,39-41H2,1-2H3,(H,43,51)(H,44,58)(H,45,50)(H,62,63)(H,64,65)(H2,42,46,47)(H2,59,60,61)/p-4/t17-,18+,19-,20-,23-,25+,26-,27-,28-,29-,30-,31-,32+,36-,37-/m1/s1. The number of nitrogens with zero attached hydrogens (tertiary/aromatic N) is 4. The van der Waals surface area contributed by atoms with Crippen molar-refractivity contribution in [3.63, 3.8) is 0 Å². The van der Waals surface area contributed by atoms with Gasteiger partial charge in [0.2, 0.25) is 17.7 Å². The van der Waals surface area contributed by atoms with Gasteiger partial charge < -0.3 is 121 Å². The summed E-state index contributed by atoms with van der Waals surface area (Å²) in [6.45, 7) is -0.163. The Morgan fingerprint density at radius 1 is 0.829 bits per heavy atom. The molecule has 0 bridgehead atoms. The summed E-state index contributed by atoms with van der Waals surface area (Å²) in [7, 11) is -17.7. The van der Waals surface area contributed by atoms with Crippen molar-refractivity contribution in [1.82, 2.24) is 35.5 Å². The molecule has 1 saturated carbocycles. The number of hydrogen-bond donors (Lipinski definition) is 13. The lowest BCUT2D eigenvalue weighted by atomic mass is 9.84. The van der Waals surface area contributed by atoms with Crippen molar-refractivity contribution >= 4 is 69.9 Å². The molecule has 5 rings (SSSR count). The highest BCUT2D eigenvalue weighted by Crippen LogP contribution is 2.56. The second kappa shape index (κ2) is 27.4. The van der Waals surface area contributed by atoms with E-state index < -0.39 is 146 Å². The normalized spacial score (nSPS) is 31.3. The lowest BCUT2D eigenvalue weighted by molar-refractivity contribution is -0.347. The average molecular weight is 1170 g/mol. The molecule has 38 heteroatoms. The van der Waals surface area contributed by atoms with E-state index in [1.807, 2.05) is 0 Å². The van der Waals surface area contributed by atoms with Crippen molar-refractivity contribution < 1.29 is 110 Å². The molecular weight excluding hydrogens is 1100 g/mol. The van der Waals surface area contributed by atoms with Gasteiger partial charge in [-0.15, -0.1) is 0 Å². The van der Waals surface area contributed by atoms with E-state index in [1.165, 1.54) is 25.6 Å². The van der Waals surface area contributed by atoms with Crippen molar-refractivity contribution in [2.24, 2.45) is 22.6 Å². The first kappa shape index (κ1) is 63.8. The van der Waals surface area contributed by atoms with E-state index in [0.29, 0.717) is 24.3 Å². The van der Waals surface area contributed by atoms with Crippen LogP contribution in [0, 0.1) is 5.41 Å². The van der Waals surface area contributed by atoms with E-state index in [1.54, 1.807) is 0 Å². The minimum atomic E-state index is -5.96. The van der Waals surface area contributed by atoms with Gasteiger partial charge in [0.1, 0.15) is 66.8 Å². The molecule has 2 saturated heterocycles. The molecular formula is C38H64N11O23P3S-4. The first-order chi connectivity index (χ1) is 35.4. The van der Waals surface area contributed by atoms with E-state index >= 15 is 0 Å². The molecule has 0 spiro atoms. The smallest absolute Gasteiger partial charge is 0.274 e. The summed E-state index contributed by atoms with van der Waals surface area (Å²) in [6.07, 6.45) is -15.8. The van der Waals surface area contributed by atoms with Crippen LogP contribution in [0.3, 0.4) is 0 Å². The quantitative estimate of drug-likeness (QED) is 0.0278. The Morgan fingerprint density at radius 3 is 2.21 bits per heavy atom. The number of ether oxygens (including phenoxy) is 3. The minimum Gasteiger partial charge on any atom is -0.790 e. The molecule has 76 heavy (non-hydrogen) atoms. The number of thioether (sulfide) groups is 1. The third-order valence-electron chi connectivity index (χ3n) is 12.2. The van der Waals surface area contributed by atoms with Crippen LogP contribution in [0.2, 0.25) is 0 Å². The minimum absolute atomic E-state index is 0.0277. The van der Waals surface area contributed by atoms with Crippen molar-refractivity contribution in [2.45, 2.75) is 138 Å². The number of imidazole rings is 1. The van der Waals surface area contributed by atoms with Crippen LogP contribution < -0.4 is 58.5 Å². The van der Waals surface area contributed by atoms with E-state index in [2.05, 4.69) is 48.8 Å². The van der Waals surface area contributed by atoms with Crippen LogP contribution >= 0.6 is 35.2 Å².